The van der Waals surface area contributed by atoms with Gasteiger partial charge in [-0.25, -0.2) is 0 Å². The molecule has 2 rings (SSSR count). The first-order valence-corrected chi connectivity index (χ1v) is 6.47. The number of hydrogen-bond donors (Lipinski definition) is 2. The highest BCUT2D eigenvalue weighted by atomic mass is 19.4. The molecule has 0 spiro atoms. The number of hydrogen-bond acceptors (Lipinski definition) is 6. The zero-order valence-electron chi connectivity index (χ0n) is 11.5. The summed E-state index contributed by atoms with van der Waals surface area (Å²) >= 11 is 0. The van der Waals surface area contributed by atoms with Gasteiger partial charge in [0.15, 0.2) is 0 Å². The minimum Gasteiger partial charge on any atom is -0.395 e. The summed E-state index contributed by atoms with van der Waals surface area (Å²) < 4.78 is 44.3. The normalized spacial score (nSPS) is 19.3. The number of nitrogens with zero attached hydrogens (tertiary/aromatic N) is 4. The third-order valence-electron chi connectivity index (χ3n) is 3.55. The molecule has 1 aromatic heterocycles. The highest BCUT2D eigenvalue weighted by Gasteiger charge is 2.40. The van der Waals surface area contributed by atoms with Crippen molar-refractivity contribution in [2.24, 2.45) is 5.73 Å². The van der Waals surface area contributed by atoms with Crippen LogP contribution >= 0.6 is 0 Å². The topological polar surface area (TPSA) is 89.4 Å². The van der Waals surface area contributed by atoms with Crippen molar-refractivity contribution in [1.82, 2.24) is 19.7 Å². The molecule has 1 aliphatic rings. The van der Waals surface area contributed by atoms with Crippen LogP contribution in [0.4, 0.5) is 13.2 Å². The Morgan fingerprint density at radius 1 is 1.38 bits per heavy atom. The van der Waals surface area contributed by atoms with Crippen molar-refractivity contribution in [2.75, 3.05) is 26.9 Å². The quantitative estimate of drug-likeness (QED) is 0.758. The van der Waals surface area contributed by atoms with E-state index in [0.717, 1.165) is 4.57 Å². The van der Waals surface area contributed by atoms with E-state index in [1.807, 2.05) is 0 Å². The van der Waals surface area contributed by atoms with Crippen LogP contribution in [0.15, 0.2) is 0 Å². The van der Waals surface area contributed by atoms with Gasteiger partial charge in [0.1, 0.15) is 5.82 Å². The van der Waals surface area contributed by atoms with Crippen LogP contribution in [0.2, 0.25) is 0 Å². The number of fused-ring (bicyclic) bond motifs is 1. The third kappa shape index (κ3) is 3.34. The van der Waals surface area contributed by atoms with Crippen molar-refractivity contribution in [1.29, 1.82) is 0 Å². The summed E-state index contributed by atoms with van der Waals surface area (Å²) in [6, 6.07) is -0.832. The Balaban J connectivity index is 2.14. The largest absolute Gasteiger partial charge is 0.451 e. The molecule has 0 aliphatic carbocycles. The van der Waals surface area contributed by atoms with Gasteiger partial charge in [0.2, 0.25) is 5.82 Å². The van der Waals surface area contributed by atoms with Crippen LogP contribution < -0.4 is 5.73 Å². The lowest BCUT2D eigenvalue weighted by molar-refractivity contribution is -0.148. The maximum absolute atomic E-state index is 12.7. The zero-order chi connectivity index (χ0) is 15.6. The molecule has 0 saturated carbocycles. The van der Waals surface area contributed by atoms with Gasteiger partial charge in [-0.15, -0.1) is 10.2 Å². The molecule has 3 N–H and O–H groups in total. The SMILES string of the molecule is COCC(N)C(CO)N1CCn2c(nnc2C(F)(F)F)C1. The second-order valence-electron chi connectivity index (χ2n) is 4.93. The average molecular weight is 309 g/mol. The molecular weight excluding hydrogens is 291 g/mol. The summed E-state index contributed by atoms with van der Waals surface area (Å²) in [5, 5.41) is 16.3. The predicted molar refractivity (Wildman–Crippen MR) is 66.2 cm³/mol. The number of aromatic nitrogens is 3. The molecule has 0 aromatic carbocycles. The highest BCUT2D eigenvalue weighted by Crippen LogP contribution is 2.29. The fourth-order valence-electron chi connectivity index (χ4n) is 2.49. The molecule has 0 amide bonds. The molecule has 0 radical (unpaired) electrons. The lowest BCUT2D eigenvalue weighted by Crippen LogP contribution is -2.54. The van der Waals surface area contributed by atoms with Gasteiger partial charge in [-0.2, -0.15) is 13.2 Å². The number of aliphatic hydroxyl groups excluding tert-OH is 1. The van der Waals surface area contributed by atoms with Crippen molar-refractivity contribution in [3.63, 3.8) is 0 Å². The lowest BCUT2D eigenvalue weighted by Gasteiger charge is -2.36. The van der Waals surface area contributed by atoms with Gasteiger partial charge in [0.05, 0.1) is 25.8 Å². The van der Waals surface area contributed by atoms with E-state index in [1.54, 1.807) is 4.90 Å². The molecule has 21 heavy (non-hydrogen) atoms. The van der Waals surface area contributed by atoms with E-state index in [2.05, 4.69) is 10.2 Å². The molecule has 7 nitrogen and oxygen atoms in total. The van der Waals surface area contributed by atoms with Gasteiger partial charge >= 0.3 is 6.18 Å². The smallest absolute Gasteiger partial charge is 0.395 e. The number of aliphatic hydroxyl groups is 1. The maximum Gasteiger partial charge on any atom is 0.451 e. The Morgan fingerprint density at radius 2 is 2.10 bits per heavy atom. The van der Waals surface area contributed by atoms with Crippen molar-refractivity contribution >= 4 is 0 Å². The van der Waals surface area contributed by atoms with Gasteiger partial charge in [-0.3, -0.25) is 4.90 Å². The minimum atomic E-state index is -4.52. The van der Waals surface area contributed by atoms with E-state index in [0.29, 0.717) is 6.54 Å². The maximum atomic E-state index is 12.7. The van der Waals surface area contributed by atoms with E-state index in [1.165, 1.54) is 7.11 Å². The highest BCUT2D eigenvalue weighted by molar-refractivity contribution is 5.03. The summed E-state index contributed by atoms with van der Waals surface area (Å²) in [5.74, 6) is -0.768. The first-order valence-electron chi connectivity index (χ1n) is 6.47. The molecule has 10 heteroatoms. The average Bonchev–Trinajstić information content (AvgIpc) is 2.82. The fraction of sp³-hybridized carbons (Fsp3) is 0.818. The molecule has 1 aliphatic heterocycles. The Hall–Kier alpha value is -1.23. The van der Waals surface area contributed by atoms with Gasteiger partial charge in [-0.05, 0) is 0 Å². The summed E-state index contributed by atoms with van der Waals surface area (Å²) in [6.07, 6.45) is -4.52. The molecule has 2 heterocycles. The zero-order valence-corrected chi connectivity index (χ0v) is 11.5. The van der Waals surface area contributed by atoms with Crippen LogP contribution in [-0.4, -0.2) is 63.7 Å². The van der Waals surface area contributed by atoms with Crippen LogP contribution in [-0.2, 0) is 24.0 Å². The summed E-state index contributed by atoms with van der Waals surface area (Å²) in [4.78, 5) is 1.80. The van der Waals surface area contributed by atoms with E-state index in [-0.39, 0.29) is 32.1 Å². The van der Waals surface area contributed by atoms with Crippen molar-refractivity contribution in [3.05, 3.63) is 11.6 Å². The first kappa shape index (κ1) is 16.1. The van der Waals surface area contributed by atoms with Crippen LogP contribution in [0, 0.1) is 0 Å². The van der Waals surface area contributed by atoms with E-state index in [9.17, 15) is 18.3 Å². The molecule has 0 fully saturated rings. The molecule has 0 saturated heterocycles. The second-order valence-corrected chi connectivity index (χ2v) is 4.93. The van der Waals surface area contributed by atoms with Gasteiger partial charge in [-0.1, -0.05) is 0 Å². The minimum absolute atomic E-state index is 0.105. The summed E-state index contributed by atoms with van der Waals surface area (Å²) in [7, 11) is 1.50. The van der Waals surface area contributed by atoms with Crippen molar-refractivity contribution in [3.8, 4) is 0 Å². The Morgan fingerprint density at radius 3 is 2.67 bits per heavy atom. The monoisotopic (exact) mass is 309 g/mol. The van der Waals surface area contributed by atoms with Crippen LogP contribution in [0.3, 0.4) is 0 Å². The Bertz CT molecular complexity index is 479. The first-order chi connectivity index (χ1) is 9.88. The second kappa shape index (κ2) is 6.26. The number of ether oxygens (including phenoxy) is 1. The van der Waals surface area contributed by atoms with Crippen molar-refractivity contribution in [2.45, 2.75) is 31.3 Å². The van der Waals surface area contributed by atoms with Crippen LogP contribution in [0.5, 0.6) is 0 Å². The van der Waals surface area contributed by atoms with E-state index in [4.69, 9.17) is 10.5 Å². The van der Waals surface area contributed by atoms with Gasteiger partial charge in [0.25, 0.3) is 0 Å². The van der Waals surface area contributed by atoms with E-state index < -0.39 is 24.1 Å². The van der Waals surface area contributed by atoms with Crippen molar-refractivity contribution < 1.29 is 23.0 Å². The molecule has 0 bridgehead atoms. The number of halogens is 3. The Labute approximate surface area is 119 Å². The number of rotatable bonds is 5. The molecule has 120 valence electrons. The van der Waals surface area contributed by atoms with Crippen LogP contribution in [0.1, 0.15) is 11.6 Å². The third-order valence-corrected chi connectivity index (χ3v) is 3.55. The van der Waals surface area contributed by atoms with Gasteiger partial charge in [0, 0.05) is 26.2 Å². The summed E-state index contributed by atoms with van der Waals surface area (Å²) in [6.45, 7) is 0.642. The van der Waals surface area contributed by atoms with Gasteiger partial charge < -0.3 is 20.1 Å². The predicted octanol–water partition coefficient (Wildman–Crippen LogP) is -0.553. The Kier molecular flexibility index (Phi) is 4.81. The molecule has 2 unspecified atom stereocenters. The van der Waals surface area contributed by atoms with Crippen LogP contribution in [0.25, 0.3) is 0 Å². The molecule has 2 atom stereocenters. The van der Waals surface area contributed by atoms with E-state index >= 15 is 0 Å². The summed E-state index contributed by atoms with van der Waals surface area (Å²) in [5.41, 5.74) is 5.91. The lowest BCUT2D eigenvalue weighted by atomic mass is 10.1. The number of methoxy groups -OCH3 is 1. The molecule has 1 aromatic rings. The standard InChI is InChI=1S/C11H18F3N5O2/c1-21-6-7(15)8(5-20)18-2-3-19-9(4-18)16-17-10(19)11(12,13)14/h7-8,20H,2-6,15H2,1H3. The number of alkyl halides is 3. The number of nitrogens with two attached hydrogens (primary N) is 1. The fourth-order valence-corrected chi connectivity index (χ4v) is 2.49. The molecular formula is C11H18F3N5O2.